The molecule has 35 heavy (non-hydrogen) atoms. The number of urea groups is 1. The normalized spacial score (nSPS) is 23.6. The van der Waals surface area contributed by atoms with Crippen molar-refractivity contribution >= 4 is 50.2 Å². The van der Waals surface area contributed by atoms with E-state index in [2.05, 4.69) is 20.9 Å². The van der Waals surface area contributed by atoms with E-state index in [4.69, 9.17) is 0 Å². The molecule has 1 aromatic carbocycles. The average molecular weight is 498 g/mol. The third kappa shape index (κ3) is 4.52. The summed E-state index contributed by atoms with van der Waals surface area (Å²) in [6.45, 7) is 5.10. The summed E-state index contributed by atoms with van der Waals surface area (Å²) in [7, 11) is 0. The summed E-state index contributed by atoms with van der Waals surface area (Å²) in [5, 5.41) is 9.50. The van der Waals surface area contributed by atoms with Crippen LogP contribution in [0.4, 0.5) is 9.80 Å². The summed E-state index contributed by atoms with van der Waals surface area (Å²) in [6, 6.07) is 7.69. The van der Waals surface area contributed by atoms with Crippen LogP contribution >= 0.6 is 11.3 Å². The fourth-order valence-electron chi connectivity index (χ4n) is 5.75. The highest BCUT2D eigenvalue weighted by atomic mass is 32.1. The molecule has 2 aromatic rings. The standard InChI is InChI=1S/C25H31N5O4S/c1-2-26-24(34)28-21-20(17-6-3-4-7-18(17)35-21)22(32)29-12-8-16(9-13-29)30-11-5-10-25(15-30)14-19(31)27-23(25)33/h3-4,6-7,16H,2,5,8-15H2,1H3,(H2,26,28,34)(H,27,31,33). The van der Waals surface area contributed by atoms with E-state index in [1.165, 1.54) is 11.3 Å². The first kappa shape index (κ1) is 23.7. The number of piperidine rings is 2. The molecule has 3 aliphatic heterocycles. The molecular weight excluding hydrogens is 466 g/mol. The van der Waals surface area contributed by atoms with Gasteiger partial charge in [0, 0.05) is 48.7 Å². The molecule has 0 aliphatic carbocycles. The Labute approximate surface area is 208 Å². The van der Waals surface area contributed by atoms with E-state index in [0.717, 1.165) is 42.3 Å². The molecule has 0 saturated carbocycles. The second-order valence-corrected chi connectivity index (χ2v) is 10.8. The molecule has 9 nitrogen and oxygen atoms in total. The molecule has 1 spiro atoms. The average Bonchev–Trinajstić information content (AvgIpc) is 3.34. The summed E-state index contributed by atoms with van der Waals surface area (Å²) in [5.74, 6) is -0.364. The molecule has 5 rings (SSSR count). The topological polar surface area (TPSA) is 111 Å². The Balaban J connectivity index is 1.29. The van der Waals surface area contributed by atoms with Gasteiger partial charge in [-0.15, -0.1) is 11.3 Å². The highest BCUT2D eigenvalue weighted by molar-refractivity contribution is 7.23. The van der Waals surface area contributed by atoms with Gasteiger partial charge in [-0.2, -0.15) is 0 Å². The number of anilines is 1. The van der Waals surface area contributed by atoms with Crippen molar-refractivity contribution in [2.24, 2.45) is 5.41 Å². The van der Waals surface area contributed by atoms with Crippen LogP contribution in [0, 0.1) is 5.41 Å². The Hall–Kier alpha value is -2.98. The van der Waals surface area contributed by atoms with Gasteiger partial charge in [0.15, 0.2) is 0 Å². The molecule has 3 fully saturated rings. The summed E-state index contributed by atoms with van der Waals surface area (Å²) in [6.07, 6.45) is 3.57. The van der Waals surface area contributed by atoms with Crippen molar-refractivity contribution in [2.45, 2.75) is 45.1 Å². The van der Waals surface area contributed by atoms with Crippen molar-refractivity contribution in [2.75, 3.05) is 38.0 Å². The van der Waals surface area contributed by atoms with Gasteiger partial charge in [0.1, 0.15) is 5.00 Å². The van der Waals surface area contributed by atoms with Crippen LogP contribution < -0.4 is 16.0 Å². The molecule has 186 valence electrons. The zero-order valence-corrected chi connectivity index (χ0v) is 20.7. The van der Waals surface area contributed by atoms with Gasteiger partial charge in [-0.3, -0.25) is 29.9 Å². The number of thiophene rings is 1. The summed E-state index contributed by atoms with van der Waals surface area (Å²) in [5.41, 5.74) is -0.0364. The zero-order valence-electron chi connectivity index (χ0n) is 19.9. The Kier molecular flexibility index (Phi) is 6.50. The summed E-state index contributed by atoms with van der Waals surface area (Å²) < 4.78 is 0.959. The third-order valence-electron chi connectivity index (χ3n) is 7.48. The number of benzene rings is 1. The lowest BCUT2D eigenvalue weighted by atomic mass is 9.77. The maximum absolute atomic E-state index is 13.7. The number of carbonyl (C=O) groups is 4. The smallest absolute Gasteiger partial charge is 0.319 e. The highest BCUT2D eigenvalue weighted by Gasteiger charge is 2.50. The van der Waals surface area contributed by atoms with Crippen molar-refractivity contribution in [3.05, 3.63) is 29.8 Å². The number of rotatable bonds is 4. The van der Waals surface area contributed by atoms with Crippen LogP contribution in [-0.2, 0) is 9.59 Å². The number of hydrogen-bond donors (Lipinski definition) is 3. The van der Waals surface area contributed by atoms with Crippen LogP contribution in [0.1, 0.15) is 49.4 Å². The van der Waals surface area contributed by atoms with Gasteiger partial charge in [0.05, 0.1) is 11.0 Å². The molecule has 3 saturated heterocycles. The number of nitrogens with one attached hydrogen (secondary N) is 3. The number of carbonyl (C=O) groups excluding carboxylic acids is 4. The monoisotopic (exact) mass is 497 g/mol. The lowest BCUT2D eigenvalue weighted by molar-refractivity contribution is -0.131. The fraction of sp³-hybridized carbons (Fsp3) is 0.520. The van der Waals surface area contributed by atoms with Crippen molar-refractivity contribution in [1.82, 2.24) is 20.4 Å². The number of imide groups is 1. The van der Waals surface area contributed by atoms with Gasteiger partial charge in [-0.05, 0) is 45.2 Å². The Morgan fingerprint density at radius 2 is 1.94 bits per heavy atom. The predicted octanol–water partition coefficient (Wildman–Crippen LogP) is 2.78. The fourth-order valence-corrected chi connectivity index (χ4v) is 6.84. The lowest BCUT2D eigenvalue weighted by Gasteiger charge is -2.44. The molecule has 0 radical (unpaired) electrons. The zero-order chi connectivity index (χ0) is 24.6. The quantitative estimate of drug-likeness (QED) is 0.563. The Bertz CT molecular complexity index is 1170. The Morgan fingerprint density at radius 1 is 1.17 bits per heavy atom. The second kappa shape index (κ2) is 9.58. The van der Waals surface area contributed by atoms with E-state index in [-0.39, 0.29) is 36.2 Å². The maximum Gasteiger partial charge on any atom is 0.319 e. The second-order valence-electron chi connectivity index (χ2n) is 9.72. The number of fused-ring (bicyclic) bond motifs is 1. The molecule has 10 heteroatoms. The van der Waals surface area contributed by atoms with Crippen LogP contribution in [0.2, 0.25) is 0 Å². The van der Waals surface area contributed by atoms with E-state index < -0.39 is 5.41 Å². The SMILES string of the molecule is CCNC(=O)Nc1sc2ccccc2c1C(=O)N1CCC(N2CCCC3(CC(=O)NC3=O)C2)CC1. The van der Waals surface area contributed by atoms with Gasteiger partial charge < -0.3 is 10.2 Å². The first-order chi connectivity index (χ1) is 16.9. The van der Waals surface area contributed by atoms with E-state index >= 15 is 0 Å². The first-order valence-electron chi connectivity index (χ1n) is 12.3. The maximum atomic E-state index is 13.7. The third-order valence-corrected chi connectivity index (χ3v) is 8.57. The van der Waals surface area contributed by atoms with Crippen LogP contribution in [0.15, 0.2) is 24.3 Å². The lowest BCUT2D eigenvalue weighted by Crippen LogP contribution is -2.54. The molecule has 1 atom stereocenters. The molecule has 1 unspecified atom stereocenters. The number of amides is 5. The van der Waals surface area contributed by atoms with Crippen LogP contribution in [0.3, 0.4) is 0 Å². The van der Waals surface area contributed by atoms with Crippen molar-refractivity contribution in [1.29, 1.82) is 0 Å². The van der Waals surface area contributed by atoms with Crippen molar-refractivity contribution in [3.8, 4) is 0 Å². The number of nitrogens with zero attached hydrogens (tertiary/aromatic N) is 2. The van der Waals surface area contributed by atoms with Gasteiger partial charge in [-0.25, -0.2) is 4.79 Å². The summed E-state index contributed by atoms with van der Waals surface area (Å²) in [4.78, 5) is 54.4. The predicted molar refractivity (Wildman–Crippen MR) is 134 cm³/mol. The first-order valence-corrected chi connectivity index (χ1v) is 13.2. The molecule has 5 amide bonds. The molecule has 1 aromatic heterocycles. The minimum absolute atomic E-state index is 0.0661. The number of hydrogen-bond acceptors (Lipinski definition) is 6. The highest BCUT2D eigenvalue weighted by Crippen LogP contribution is 2.40. The largest absolute Gasteiger partial charge is 0.338 e. The Morgan fingerprint density at radius 3 is 2.66 bits per heavy atom. The molecule has 3 aliphatic rings. The minimum atomic E-state index is -0.586. The molecule has 3 N–H and O–H groups in total. The molecular formula is C25H31N5O4S. The van der Waals surface area contributed by atoms with Crippen LogP contribution in [0.25, 0.3) is 10.1 Å². The van der Waals surface area contributed by atoms with E-state index in [1.54, 1.807) is 0 Å². The molecule has 0 bridgehead atoms. The van der Waals surface area contributed by atoms with Gasteiger partial charge >= 0.3 is 6.03 Å². The van der Waals surface area contributed by atoms with Crippen molar-refractivity contribution in [3.63, 3.8) is 0 Å². The van der Waals surface area contributed by atoms with E-state index in [1.807, 2.05) is 36.1 Å². The number of likely N-dealkylation sites (tertiary alicyclic amines) is 2. The summed E-state index contributed by atoms with van der Waals surface area (Å²) >= 11 is 1.41. The van der Waals surface area contributed by atoms with Crippen molar-refractivity contribution < 1.29 is 19.2 Å². The van der Waals surface area contributed by atoms with Gasteiger partial charge in [-0.1, -0.05) is 18.2 Å². The minimum Gasteiger partial charge on any atom is -0.338 e. The van der Waals surface area contributed by atoms with Gasteiger partial charge in [0.2, 0.25) is 11.8 Å². The molecule has 4 heterocycles. The van der Waals surface area contributed by atoms with E-state index in [9.17, 15) is 19.2 Å². The van der Waals surface area contributed by atoms with Gasteiger partial charge in [0.25, 0.3) is 5.91 Å². The van der Waals surface area contributed by atoms with Crippen LogP contribution in [0.5, 0.6) is 0 Å². The van der Waals surface area contributed by atoms with Crippen LogP contribution in [-0.4, -0.2) is 72.3 Å². The van der Waals surface area contributed by atoms with E-state index in [0.29, 0.717) is 36.7 Å².